The van der Waals surface area contributed by atoms with E-state index in [1.807, 2.05) is 0 Å². The lowest BCUT2D eigenvalue weighted by Crippen LogP contribution is -2.43. The minimum Gasteiger partial charge on any atom is -0.481 e. The third-order valence-electron chi connectivity index (χ3n) is 1.76. The zero-order valence-electron chi connectivity index (χ0n) is 9.34. The van der Waals surface area contributed by atoms with Crippen LogP contribution in [0.5, 0.6) is 0 Å². The second-order valence-corrected chi connectivity index (χ2v) is 5.02. The Balaban J connectivity index is 4.01. The first-order valence-electron chi connectivity index (χ1n) is 4.71. The predicted molar refractivity (Wildman–Crippen MR) is 59.4 cm³/mol. The first-order chi connectivity index (χ1) is 7.75. The van der Waals surface area contributed by atoms with Gasteiger partial charge in [-0.15, -0.1) is 0 Å². The van der Waals surface area contributed by atoms with Crippen molar-refractivity contribution in [3.05, 3.63) is 0 Å². The molecule has 0 fully saturated rings. The molecule has 0 heterocycles. The SMILES string of the molecule is CN(CCC(=O)O)S(=O)(=O)NCCNC(N)=O. The van der Waals surface area contributed by atoms with E-state index in [4.69, 9.17) is 10.8 Å². The van der Waals surface area contributed by atoms with Crippen molar-refractivity contribution in [3.63, 3.8) is 0 Å². The Labute approximate surface area is 99.1 Å². The van der Waals surface area contributed by atoms with Crippen molar-refractivity contribution in [2.75, 3.05) is 26.7 Å². The van der Waals surface area contributed by atoms with E-state index in [0.717, 1.165) is 4.31 Å². The van der Waals surface area contributed by atoms with Crippen LogP contribution in [0.1, 0.15) is 6.42 Å². The van der Waals surface area contributed by atoms with Crippen LogP contribution in [-0.4, -0.2) is 56.5 Å². The third kappa shape index (κ3) is 7.49. The third-order valence-corrected chi connectivity index (χ3v) is 3.33. The number of urea groups is 1. The van der Waals surface area contributed by atoms with Gasteiger partial charge in [0.1, 0.15) is 0 Å². The van der Waals surface area contributed by atoms with E-state index in [-0.39, 0.29) is 26.1 Å². The summed E-state index contributed by atoms with van der Waals surface area (Å²) in [6.45, 7) is -0.0993. The molecule has 5 N–H and O–H groups in total. The largest absolute Gasteiger partial charge is 0.481 e. The Bertz CT molecular complexity index is 368. The number of aliphatic carboxylic acids is 1. The highest BCUT2D eigenvalue weighted by atomic mass is 32.2. The molecule has 100 valence electrons. The Morgan fingerprint density at radius 2 is 1.94 bits per heavy atom. The van der Waals surface area contributed by atoms with Crippen molar-refractivity contribution < 1.29 is 23.1 Å². The Morgan fingerprint density at radius 1 is 1.35 bits per heavy atom. The number of hydrogen-bond donors (Lipinski definition) is 4. The van der Waals surface area contributed by atoms with Crippen molar-refractivity contribution >= 4 is 22.2 Å². The summed E-state index contributed by atoms with van der Waals surface area (Å²) in [6.07, 6.45) is -0.281. The van der Waals surface area contributed by atoms with Crippen LogP contribution in [0, 0.1) is 0 Å². The highest BCUT2D eigenvalue weighted by Crippen LogP contribution is 1.95. The monoisotopic (exact) mass is 268 g/mol. The maximum atomic E-state index is 11.5. The van der Waals surface area contributed by atoms with Gasteiger partial charge in [0.15, 0.2) is 0 Å². The van der Waals surface area contributed by atoms with E-state index in [9.17, 15) is 18.0 Å². The van der Waals surface area contributed by atoms with Gasteiger partial charge in [0.2, 0.25) is 0 Å². The molecule has 0 aliphatic carbocycles. The molecule has 0 rings (SSSR count). The second kappa shape index (κ2) is 7.04. The number of carbonyl (C=O) groups is 2. The lowest BCUT2D eigenvalue weighted by Gasteiger charge is -2.16. The van der Waals surface area contributed by atoms with Crippen molar-refractivity contribution in [2.24, 2.45) is 5.73 Å². The lowest BCUT2D eigenvalue weighted by molar-refractivity contribution is -0.137. The molecule has 0 spiro atoms. The molecule has 0 aliphatic rings. The summed E-state index contributed by atoms with van der Waals surface area (Å²) in [5, 5.41) is 10.6. The van der Waals surface area contributed by atoms with Crippen LogP contribution >= 0.6 is 0 Å². The molecule has 0 bridgehead atoms. The Morgan fingerprint density at radius 3 is 2.41 bits per heavy atom. The molecule has 10 heteroatoms. The minimum atomic E-state index is -3.73. The zero-order valence-corrected chi connectivity index (χ0v) is 10.2. The first-order valence-corrected chi connectivity index (χ1v) is 6.15. The van der Waals surface area contributed by atoms with E-state index < -0.39 is 22.2 Å². The summed E-state index contributed by atoms with van der Waals surface area (Å²) in [5.41, 5.74) is 4.78. The van der Waals surface area contributed by atoms with E-state index >= 15 is 0 Å². The number of nitrogens with one attached hydrogen (secondary N) is 2. The van der Waals surface area contributed by atoms with Crippen molar-refractivity contribution in [1.82, 2.24) is 14.3 Å². The summed E-state index contributed by atoms with van der Waals surface area (Å²) in [4.78, 5) is 20.6. The predicted octanol–water partition coefficient (Wildman–Crippen LogP) is -2.10. The van der Waals surface area contributed by atoms with Crippen LogP contribution in [0.25, 0.3) is 0 Å². The van der Waals surface area contributed by atoms with Gasteiger partial charge in [-0.2, -0.15) is 12.7 Å². The maximum absolute atomic E-state index is 11.5. The van der Waals surface area contributed by atoms with E-state index in [2.05, 4.69) is 10.0 Å². The van der Waals surface area contributed by atoms with Gasteiger partial charge < -0.3 is 16.2 Å². The Kier molecular flexibility index (Phi) is 6.46. The molecule has 0 aliphatic heterocycles. The normalized spacial score (nSPS) is 11.4. The van der Waals surface area contributed by atoms with Crippen LogP contribution < -0.4 is 15.8 Å². The number of primary amides is 1. The molecule has 0 aromatic carbocycles. The number of nitrogens with zero attached hydrogens (tertiary/aromatic N) is 1. The van der Waals surface area contributed by atoms with E-state index in [1.54, 1.807) is 0 Å². The summed E-state index contributed by atoms with van der Waals surface area (Å²) < 4.78 is 26.0. The molecule has 0 radical (unpaired) electrons. The summed E-state index contributed by atoms with van der Waals surface area (Å²) in [6, 6.07) is -0.747. The summed E-state index contributed by atoms with van der Waals surface area (Å²) >= 11 is 0. The van der Waals surface area contributed by atoms with Gasteiger partial charge in [-0.3, -0.25) is 4.79 Å². The topological polar surface area (TPSA) is 142 Å². The van der Waals surface area contributed by atoms with Crippen LogP contribution in [0.2, 0.25) is 0 Å². The number of carboxylic acids is 1. The standard InChI is InChI=1S/C7H16N4O5S/c1-11(5-2-6(12)13)17(15,16)10-4-3-9-7(8)14/h10H,2-5H2,1H3,(H,12,13)(H3,8,9,14). The summed E-state index contributed by atoms with van der Waals surface area (Å²) in [5.74, 6) is -1.08. The van der Waals surface area contributed by atoms with Crippen LogP contribution in [0.15, 0.2) is 0 Å². The van der Waals surface area contributed by atoms with Gasteiger partial charge in [0.05, 0.1) is 6.42 Å². The van der Waals surface area contributed by atoms with E-state index in [1.165, 1.54) is 7.05 Å². The molecular formula is C7H16N4O5S. The highest BCUT2D eigenvalue weighted by Gasteiger charge is 2.17. The van der Waals surface area contributed by atoms with Gasteiger partial charge in [0, 0.05) is 26.7 Å². The molecule has 2 amide bonds. The molecule has 0 unspecified atom stereocenters. The quantitative estimate of drug-likeness (QED) is 0.373. The number of amides is 2. The molecular weight excluding hydrogens is 252 g/mol. The zero-order chi connectivity index (χ0) is 13.5. The van der Waals surface area contributed by atoms with Gasteiger partial charge in [-0.1, -0.05) is 0 Å². The number of nitrogens with two attached hydrogens (primary N) is 1. The lowest BCUT2D eigenvalue weighted by atomic mass is 10.4. The molecule has 0 aromatic rings. The van der Waals surface area contributed by atoms with Crippen LogP contribution in [-0.2, 0) is 15.0 Å². The molecule has 0 saturated heterocycles. The minimum absolute atomic E-state index is 0.0251. The first kappa shape index (κ1) is 15.6. The molecule has 0 atom stereocenters. The van der Waals surface area contributed by atoms with Crippen LogP contribution in [0.4, 0.5) is 4.79 Å². The number of hydrogen-bond acceptors (Lipinski definition) is 4. The average Bonchev–Trinajstić information content (AvgIpc) is 2.20. The fraction of sp³-hybridized carbons (Fsp3) is 0.714. The van der Waals surface area contributed by atoms with Crippen molar-refractivity contribution in [3.8, 4) is 0 Å². The Hall–Kier alpha value is -1.39. The molecule has 0 saturated carbocycles. The molecule has 17 heavy (non-hydrogen) atoms. The van der Waals surface area contributed by atoms with E-state index in [0.29, 0.717) is 0 Å². The second-order valence-electron chi connectivity index (χ2n) is 3.16. The fourth-order valence-corrected chi connectivity index (χ4v) is 1.76. The van der Waals surface area contributed by atoms with Gasteiger partial charge in [-0.25, -0.2) is 9.52 Å². The highest BCUT2D eigenvalue weighted by molar-refractivity contribution is 7.87. The van der Waals surface area contributed by atoms with Crippen molar-refractivity contribution in [2.45, 2.75) is 6.42 Å². The fourth-order valence-electron chi connectivity index (χ4n) is 0.849. The summed E-state index contributed by atoms with van der Waals surface area (Å²) in [7, 11) is -2.47. The number of carbonyl (C=O) groups excluding carboxylic acids is 1. The van der Waals surface area contributed by atoms with Crippen molar-refractivity contribution in [1.29, 1.82) is 0 Å². The van der Waals surface area contributed by atoms with Gasteiger partial charge in [0.25, 0.3) is 10.2 Å². The molecule has 0 aromatic heterocycles. The maximum Gasteiger partial charge on any atom is 0.312 e. The smallest absolute Gasteiger partial charge is 0.312 e. The average molecular weight is 268 g/mol. The van der Waals surface area contributed by atoms with Crippen LogP contribution in [0.3, 0.4) is 0 Å². The number of carboxylic acid groups (broad SMARTS) is 1. The van der Waals surface area contributed by atoms with Gasteiger partial charge >= 0.3 is 12.0 Å². The van der Waals surface area contributed by atoms with Gasteiger partial charge in [-0.05, 0) is 0 Å². The molecule has 9 nitrogen and oxygen atoms in total. The number of rotatable bonds is 8.